The number of rotatable bonds is 11. The minimum Gasteiger partial charge on any atom is -0.488 e. The van der Waals surface area contributed by atoms with Gasteiger partial charge in [-0.2, -0.15) is 0 Å². The predicted octanol–water partition coefficient (Wildman–Crippen LogP) is 8.72. The third-order valence-electron chi connectivity index (χ3n) is 6.88. The van der Waals surface area contributed by atoms with E-state index in [0.29, 0.717) is 15.2 Å². The largest absolute Gasteiger partial charge is 0.488 e. The van der Waals surface area contributed by atoms with Crippen LogP contribution in [-0.4, -0.2) is 13.3 Å². The van der Waals surface area contributed by atoms with E-state index in [1.165, 1.54) is 52.4 Å². The minimum absolute atomic E-state index is 0.0368. The van der Waals surface area contributed by atoms with Crippen molar-refractivity contribution in [1.29, 1.82) is 0 Å². The SMILES string of the molecule is CCCCCC(C)(Pc1ccccc1/C=N/C)c1cc(C(C)(C)C)cc(C)c1OCc1ccccc1. The van der Waals surface area contributed by atoms with Gasteiger partial charge in [0.2, 0.25) is 0 Å². The lowest BCUT2D eigenvalue weighted by Gasteiger charge is -2.35. The highest BCUT2D eigenvalue weighted by molar-refractivity contribution is 7.48. The highest BCUT2D eigenvalue weighted by Gasteiger charge is 2.33. The van der Waals surface area contributed by atoms with E-state index in [1.807, 2.05) is 13.3 Å². The first-order valence-electron chi connectivity index (χ1n) is 13.3. The second kappa shape index (κ2) is 12.7. The number of hydrogen-bond acceptors (Lipinski definition) is 2. The molecule has 0 saturated carbocycles. The van der Waals surface area contributed by atoms with Gasteiger partial charge in [-0.1, -0.05) is 129 Å². The Hall–Kier alpha value is -2.44. The fourth-order valence-corrected chi connectivity index (χ4v) is 6.38. The zero-order valence-electron chi connectivity index (χ0n) is 23.3. The van der Waals surface area contributed by atoms with Crippen LogP contribution in [0.5, 0.6) is 5.75 Å². The fourth-order valence-electron chi connectivity index (χ4n) is 4.69. The molecule has 36 heavy (non-hydrogen) atoms. The average molecular weight is 502 g/mol. The van der Waals surface area contributed by atoms with Gasteiger partial charge in [0.25, 0.3) is 0 Å². The van der Waals surface area contributed by atoms with E-state index in [9.17, 15) is 0 Å². The molecule has 0 N–H and O–H groups in total. The Morgan fingerprint density at radius 2 is 1.61 bits per heavy atom. The molecule has 3 aromatic rings. The molecular formula is C33H44NOP. The number of aryl methyl sites for hydroxylation is 1. The van der Waals surface area contributed by atoms with E-state index in [1.54, 1.807) is 0 Å². The summed E-state index contributed by atoms with van der Waals surface area (Å²) in [4.78, 5) is 4.34. The molecule has 3 aromatic carbocycles. The molecule has 2 nitrogen and oxygen atoms in total. The summed E-state index contributed by atoms with van der Waals surface area (Å²) in [6, 6.07) is 24.0. The van der Waals surface area contributed by atoms with Gasteiger partial charge in [0, 0.05) is 24.0 Å². The fraction of sp³-hybridized carbons (Fsp3) is 0.424. The van der Waals surface area contributed by atoms with Gasteiger partial charge in [0.15, 0.2) is 0 Å². The summed E-state index contributed by atoms with van der Waals surface area (Å²) in [6.45, 7) is 14.4. The second-order valence-electron chi connectivity index (χ2n) is 11.1. The third kappa shape index (κ3) is 7.30. The van der Waals surface area contributed by atoms with Gasteiger partial charge in [-0.05, 0) is 46.3 Å². The molecular weight excluding hydrogens is 457 g/mol. The van der Waals surface area contributed by atoms with E-state index in [-0.39, 0.29) is 10.6 Å². The van der Waals surface area contributed by atoms with E-state index >= 15 is 0 Å². The van der Waals surface area contributed by atoms with Crippen LogP contribution in [0.2, 0.25) is 0 Å². The van der Waals surface area contributed by atoms with Crippen molar-refractivity contribution >= 4 is 20.1 Å². The highest BCUT2D eigenvalue weighted by atomic mass is 31.1. The normalized spacial score (nSPS) is 14.0. The maximum Gasteiger partial charge on any atom is 0.126 e. The first-order valence-corrected chi connectivity index (χ1v) is 14.3. The smallest absolute Gasteiger partial charge is 0.126 e. The van der Waals surface area contributed by atoms with Crippen LogP contribution in [0.4, 0.5) is 0 Å². The van der Waals surface area contributed by atoms with Crippen molar-refractivity contribution in [3.8, 4) is 5.75 Å². The molecule has 0 spiro atoms. The van der Waals surface area contributed by atoms with Gasteiger partial charge in [0.05, 0.1) is 0 Å². The van der Waals surface area contributed by atoms with Crippen LogP contribution in [0, 0.1) is 6.92 Å². The molecule has 0 radical (unpaired) electrons. The van der Waals surface area contributed by atoms with Crippen LogP contribution < -0.4 is 10.0 Å². The third-order valence-corrected chi connectivity index (χ3v) is 8.68. The molecule has 0 bridgehead atoms. The molecule has 2 atom stereocenters. The molecule has 0 aliphatic rings. The lowest BCUT2D eigenvalue weighted by molar-refractivity contribution is 0.296. The van der Waals surface area contributed by atoms with Gasteiger partial charge in [-0.3, -0.25) is 4.99 Å². The molecule has 0 saturated heterocycles. The topological polar surface area (TPSA) is 21.6 Å². The Labute approximate surface area is 221 Å². The van der Waals surface area contributed by atoms with Crippen molar-refractivity contribution < 1.29 is 4.74 Å². The van der Waals surface area contributed by atoms with Crippen molar-refractivity contribution in [3.63, 3.8) is 0 Å². The molecule has 0 fully saturated rings. The Bertz CT molecular complexity index is 1150. The van der Waals surface area contributed by atoms with Crippen LogP contribution in [-0.2, 0) is 17.2 Å². The average Bonchev–Trinajstić information content (AvgIpc) is 2.84. The van der Waals surface area contributed by atoms with Crippen molar-refractivity contribution in [2.24, 2.45) is 4.99 Å². The maximum absolute atomic E-state index is 6.67. The first kappa shape index (κ1) is 28.1. The lowest BCUT2D eigenvalue weighted by Crippen LogP contribution is -2.24. The predicted molar refractivity (Wildman–Crippen MR) is 160 cm³/mol. The van der Waals surface area contributed by atoms with Crippen LogP contribution in [0.15, 0.2) is 71.7 Å². The van der Waals surface area contributed by atoms with Crippen LogP contribution >= 0.6 is 8.58 Å². The molecule has 3 rings (SSSR count). The Morgan fingerprint density at radius 1 is 0.917 bits per heavy atom. The summed E-state index contributed by atoms with van der Waals surface area (Å²) in [7, 11) is 2.47. The Kier molecular flexibility index (Phi) is 9.92. The van der Waals surface area contributed by atoms with Crippen molar-refractivity contribution in [2.75, 3.05) is 7.05 Å². The summed E-state index contributed by atoms with van der Waals surface area (Å²) >= 11 is 0. The van der Waals surface area contributed by atoms with Gasteiger partial charge >= 0.3 is 0 Å². The van der Waals surface area contributed by atoms with Gasteiger partial charge < -0.3 is 4.74 Å². The molecule has 0 aromatic heterocycles. The summed E-state index contributed by atoms with van der Waals surface area (Å²) in [6.07, 6.45) is 6.80. The lowest BCUT2D eigenvalue weighted by atomic mass is 9.82. The highest BCUT2D eigenvalue weighted by Crippen LogP contribution is 2.50. The second-order valence-corrected chi connectivity index (χ2v) is 13.0. The minimum atomic E-state index is -0.0368. The Balaban J connectivity index is 2.14. The number of unbranched alkanes of at least 4 members (excludes halogenated alkanes) is 2. The van der Waals surface area contributed by atoms with Crippen molar-refractivity contribution in [1.82, 2.24) is 0 Å². The number of benzene rings is 3. The zero-order valence-corrected chi connectivity index (χ0v) is 24.3. The molecule has 0 amide bonds. The number of ether oxygens (including phenoxy) is 1. The van der Waals surface area contributed by atoms with E-state index in [0.717, 1.165) is 12.2 Å². The van der Waals surface area contributed by atoms with Crippen LogP contribution in [0.25, 0.3) is 0 Å². The van der Waals surface area contributed by atoms with Crippen molar-refractivity contribution in [2.45, 2.75) is 84.4 Å². The molecule has 0 aliphatic heterocycles. The summed E-state index contributed by atoms with van der Waals surface area (Å²) < 4.78 is 6.67. The van der Waals surface area contributed by atoms with Gasteiger partial charge in [-0.15, -0.1) is 0 Å². The first-order chi connectivity index (χ1) is 17.2. The number of nitrogens with zero attached hydrogens (tertiary/aromatic N) is 1. The Morgan fingerprint density at radius 3 is 2.28 bits per heavy atom. The maximum atomic E-state index is 6.67. The van der Waals surface area contributed by atoms with Gasteiger partial charge in [-0.25, -0.2) is 0 Å². The summed E-state index contributed by atoms with van der Waals surface area (Å²) in [5.74, 6) is 1.06. The van der Waals surface area contributed by atoms with E-state index in [2.05, 4.69) is 113 Å². The molecule has 3 heteroatoms. The van der Waals surface area contributed by atoms with E-state index in [4.69, 9.17) is 4.74 Å². The van der Waals surface area contributed by atoms with Crippen molar-refractivity contribution in [3.05, 3.63) is 94.5 Å². The molecule has 0 heterocycles. The van der Waals surface area contributed by atoms with Gasteiger partial charge in [0.1, 0.15) is 12.4 Å². The zero-order chi connectivity index (χ0) is 26.2. The van der Waals surface area contributed by atoms with Crippen LogP contribution in [0.3, 0.4) is 0 Å². The van der Waals surface area contributed by atoms with E-state index < -0.39 is 0 Å². The monoisotopic (exact) mass is 501 g/mol. The molecule has 0 aliphatic carbocycles. The van der Waals surface area contributed by atoms with Crippen LogP contribution in [0.1, 0.15) is 88.1 Å². The summed E-state index contributed by atoms with van der Waals surface area (Å²) in [5, 5.41) is 1.33. The number of aliphatic imine (C=N–C) groups is 1. The standard InChI is InChI=1S/C33H44NOP/c1-8-9-15-20-33(6,36-30-19-14-13-18-27(30)23-34-7)29-22-28(32(3,4)5)21-25(2)31(29)35-24-26-16-11-10-12-17-26/h10-14,16-19,21-23,36H,8-9,15,20,24H2,1-7H3/b34-23+. The molecule has 192 valence electrons. The summed E-state index contributed by atoms with van der Waals surface area (Å²) in [5.41, 5.74) is 6.43. The number of hydrogen-bond donors (Lipinski definition) is 0. The quantitative estimate of drug-likeness (QED) is 0.146. The molecule has 2 unspecified atom stereocenters.